The van der Waals surface area contributed by atoms with Crippen LogP contribution in [0.2, 0.25) is 5.02 Å². The lowest BCUT2D eigenvalue weighted by atomic mass is 10.0. The summed E-state index contributed by atoms with van der Waals surface area (Å²) in [5.41, 5.74) is 28.7. The Morgan fingerprint density at radius 2 is 1.23 bits per heavy atom. The number of nitrogens with one attached hydrogen (secondary N) is 10. The number of likely N-dealkylation sites (tertiary alicyclic amines) is 1. The van der Waals surface area contributed by atoms with Crippen LogP contribution >= 0.6 is 11.6 Å². The van der Waals surface area contributed by atoms with Gasteiger partial charge >= 0.3 is 0 Å². The number of primary amides is 1. The molecule has 22 N–H and O–H groups in total. The van der Waals surface area contributed by atoms with Crippen molar-refractivity contribution < 1.29 is 67.7 Å². The van der Waals surface area contributed by atoms with E-state index < -0.39 is 144 Å². The molecule has 0 radical (unpaired) electrons. The highest BCUT2D eigenvalue weighted by molar-refractivity contribution is 6.30. The van der Waals surface area contributed by atoms with Gasteiger partial charge in [-0.3, -0.25) is 67.5 Å². The molecule has 93 heavy (non-hydrogen) atoms. The zero-order chi connectivity index (χ0) is 68.9. The van der Waals surface area contributed by atoms with E-state index in [-0.39, 0.29) is 127 Å². The van der Waals surface area contributed by atoms with Crippen LogP contribution in [-0.4, -0.2) is 191 Å². The van der Waals surface area contributed by atoms with Crippen molar-refractivity contribution in [3.05, 3.63) is 64.7 Å². The number of phenols is 1. The van der Waals surface area contributed by atoms with Gasteiger partial charge in [-0.25, -0.2) is 0 Å². The van der Waals surface area contributed by atoms with E-state index in [0.29, 0.717) is 22.6 Å². The molecule has 2 aliphatic rings. The summed E-state index contributed by atoms with van der Waals surface area (Å²) < 4.78 is 0. The van der Waals surface area contributed by atoms with E-state index in [1.165, 1.54) is 43.0 Å². The first-order valence-corrected chi connectivity index (χ1v) is 31.2. The number of benzene rings is 2. The Balaban J connectivity index is 1.60. The van der Waals surface area contributed by atoms with E-state index in [2.05, 4.69) is 63.2 Å². The van der Waals surface area contributed by atoms with Crippen molar-refractivity contribution in [3.63, 3.8) is 0 Å². The van der Waals surface area contributed by atoms with Crippen LogP contribution in [0.15, 0.2) is 58.5 Å². The zero-order valence-electron chi connectivity index (χ0n) is 52.8. The number of phenolic OH excluding ortho intramolecular Hbond substituents is 1. The number of aromatic hydroxyl groups is 1. The fourth-order valence-corrected chi connectivity index (χ4v) is 10.3. The monoisotopic (exact) mass is 1320 g/mol. The topological polar surface area (TPSA) is 524 Å². The number of rotatable bonds is 30. The molecule has 512 valence electrons. The maximum atomic E-state index is 14.7. The lowest BCUT2D eigenvalue weighted by molar-refractivity contribution is -0.142. The Morgan fingerprint density at radius 1 is 0.656 bits per heavy atom. The number of aliphatic hydroxyl groups is 1. The van der Waals surface area contributed by atoms with E-state index in [1.807, 2.05) is 0 Å². The first-order chi connectivity index (χ1) is 44.0. The molecule has 2 fully saturated rings. The Kier molecular flexibility index (Phi) is 31.5. The molecular formula is C60H91ClN18O14. The minimum Gasteiger partial charge on any atom is -0.508 e. The maximum Gasteiger partial charge on any atom is 0.245 e. The number of guanidine groups is 2. The number of carbonyl (C=O) groups is 12. The molecule has 0 saturated carbocycles. The van der Waals surface area contributed by atoms with Crippen molar-refractivity contribution in [2.24, 2.45) is 44.6 Å². The number of halogens is 1. The average molecular weight is 1320 g/mol. The third kappa shape index (κ3) is 26.8. The van der Waals surface area contributed by atoms with Gasteiger partial charge in [-0.05, 0) is 119 Å². The summed E-state index contributed by atoms with van der Waals surface area (Å²) in [5.74, 6) is -10.3. The molecule has 2 saturated heterocycles. The van der Waals surface area contributed by atoms with Gasteiger partial charge in [0.05, 0.1) is 6.61 Å². The van der Waals surface area contributed by atoms with Crippen molar-refractivity contribution in [2.75, 3.05) is 32.8 Å². The fraction of sp³-hybridized carbons (Fsp3) is 0.567. The number of carbonyl (C=O) groups excluding carboxylic acids is 12. The Hall–Kier alpha value is -9.33. The van der Waals surface area contributed by atoms with Gasteiger partial charge in [0.25, 0.3) is 0 Å². The van der Waals surface area contributed by atoms with Crippen LogP contribution < -0.4 is 81.8 Å². The summed E-state index contributed by atoms with van der Waals surface area (Å²) >= 11 is 6.06. The molecule has 0 spiro atoms. The Labute approximate surface area is 544 Å². The third-order valence-corrected chi connectivity index (χ3v) is 15.4. The molecule has 2 aromatic carbocycles. The van der Waals surface area contributed by atoms with E-state index in [0.717, 1.165) is 0 Å². The SMILES string of the molecule is CC(=O)NC1CCC(=O)N[C@@H](C(=O)N[C@@H](CO)C(=O)N[C@@H](Cc2ccc(O)cc2)C(=O)NC(CCCN=C(N)N)C(=O)N[C@H](CC(C)C)C(=O)N[C@@H](CCCN=C(N)N)C(=O)N2CCC[C@@H]2C(=O)NC(C)C(N)=O)CCCCNC(=O)[C@@H](Cc2ccc(Cl)cc2)NC1=O. The van der Waals surface area contributed by atoms with Gasteiger partial charge < -0.3 is 96.9 Å². The molecule has 33 heteroatoms. The van der Waals surface area contributed by atoms with Gasteiger partial charge in [0, 0.05) is 57.4 Å². The van der Waals surface area contributed by atoms with Crippen LogP contribution in [0.1, 0.15) is 116 Å². The predicted molar refractivity (Wildman–Crippen MR) is 342 cm³/mol. The Bertz CT molecular complexity index is 2980. The molecule has 3 unspecified atom stereocenters. The number of amides is 12. The standard InChI is InChI=1S/C60H91ClN18O14/c1-32(2)28-43(54(89)74-42(12-8-26-69-60(65)66)58(93)79-27-9-13-47(79)57(92)70-33(3)49(62)84)75-52(87)40(11-7-25-68-59(63)64)73-55(90)45(30-36-16-20-38(82)21-17-36)77-56(91)46(31-80)78-51(86)39-10-5-6-24-67-50(85)44(29-35-14-18-37(61)19-15-35)76-53(88)41(71-34(4)81)22-23-48(83)72-39/h14-21,32-33,39-47,80,82H,5-13,22-31H2,1-4H3,(H2,62,84)(H,67,85)(H,70,92)(H,71,81)(H,72,83)(H,73,90)(H,74,89)(H,75,87)(H,76,88)(H,77,91)(H,78,86)(H4,63,64,68)(H4,65,66,69)/t33?,39-,40?,41?,42+,43-,44-,45+,46+,47-/m1/s1. The van der Waals surface area contributed by atoms with E-state index in [1.54, 1.807) is 38.1 Å². The maximum absolute atomic E-state index is 14.7. The van der Waals surface area contributed by atoms with Crippen LogP contribution in [0.5, 0.6) is 5.75 Å². The highest BCUT2D eigenvalue weighted by atomic mass is 35.5. The van der Waals surface area contributed by atoms with Crippen LogP contribution in [0.25, 0.3) is 0 Å². The lowest BCUT2D eigenvalue weighted by Gasteiger charge is -2.31. The van der Waals surface area contributed by atoms with E-state index in [9.17, 15) is 67.7 Å². The molecule has 2 aliphatic heterocycles. The number of aliphatic imine (C=N–C) groups is 2. The molecule has 0 aliphatic carbocycles. The molecule has 2 aromatic rings. The summed E-state index contributed by atoms with van der Waals surface area (Å²) in [5, 5.41) is 47.4. The smallest absolute Gasteiger partial charge is 0.245 e. The molecule has 0 aromatic heterocycles. The summed E-state index contributed by atoms with van der Waals surface area (Å²) in [6.07, 6.45) is 0.254. The lowest BCUT2D eigenvalue weighted by Crippen LogP contribution is -2.61. The average Bonchev–Trinajstić information content (AvgIpc) is 1.83. The third-order valence-electron chi connectivity index (χ3n) is 15.1. The molecule has 32 nitrogen and oxygen atoms in total. The highest BCUT2D eigenvalue weighted by Gasteiger charge is 2.40. The second-order valence-corrected chi connectivity index (χ2v) is 23.7. The first-order valence-electron chi connectivity index (χ1n) is 30.9. The second-order valence-electron chi connectivity index (χ2n) is 23.3. The number of nitrogens with zero attached hydrogens (tertiary/aromatic N) is 3. The number of hydrogen-bond donors (Lipinski definition) is 17. The second kappa shape index (κ2) is 38.5. The molecule has 12 amide bonds. The Morgan fingerprint density at radius 3 is 1.83 bits per heavy atom. The number of nitrogens with two attached hydrogens (primary N) is 5. The summed E-state index contributed by atoms with van der Waals surface area (Å²) in [4.78, 5) is 174. The number of hydrogen-bond acceptors (Lipinski definition) is 16. The quantitative estimate of drug-likeness (QED) is 0.0201. The fourth-order valence-electron chi connectivity index (χ4n) is 10.2. The van der Waals surface area contributed by atoms with Gasteiger partial charge in [-0.15, -0.1) is 0 Å². The van der Waals surface area contributed by atoms with Crippen molar-refractivity contribution in [2.45, 2.75) is 178 Å². The van der Waals surface area contributed by atoms with Crippen LogP contribution in [0.3, 0.4) is 0 Å². The van der Waals surface area contributed by atoms with Crippen LogP contribution in [0.4, 0.5) is 0 Å². The predicted octanol–water partition coefficient (Wildman–Crippen LogP) is -4.06. The number of aliphatic hydroxyl groups excluding tert-OH is 1. The van der Waals surface area contributed by atoms with Gasteiger partial charge in [-0.1, -0.05) is 49.7 Å². The van der Waals surface area contributed by atoms with E-state index >= 15 is 0 Å². The van der Waals surface area contributed by atoms with Gasteiger partial charge in [-0.2, -0.15) is 0 Å². The first kappa shape index (κ1) is 76.1. The van der Waals surface area contributed by atoms with Crippen LogP contribution in [0, 0.1) is 5.92 Å². The van der Waals surface area contributed by atoms with Crippen molar-refractivity contribution in [1.82, 2.24) is 58.1 Å². The van der Waals surface area contributed by atoms with Gasteiger partial charge in [0.1, 0.15) is 66.2 Å². The van der Waals surface area contributed by atoms with Crippen molar-refractivity contribution in [1.29, 1.82) is 0 Å². The molecular weight excluding hydrogens is 1230 g/mol. The van der Waals surface area contributed by atoms with E-state index in [4.69, 9.17) is 40.3 Å². The minimum absolute atomic E-state index is 0.00208. The van der Waals surface area contributed by atoms with Crippen molar-refractivity contribution in [3.8, 4) is 5.75 Å². The largest absolute Gasteiger partial charge is 0.508 e. The van der Waals surface area contributed by atoms with Crippen molar-refractivity contribution >= 4 is 94.4 Å². The van der Waals surface area contributed by atoms with Crippen LogP contribution in [-0.2, 0) is 70.4 Å². The summed E-state index contributed by atoms with van der Waals surface area (Å²) in [6.45, 7) is 5.31. The molecule has 4 rings (SSSR count). The normalized spacial score (nSPS) is 19.0. The molecule has 0 bridgehead atoms. The minimum atomic E-state index is -1.78. The zero-order valence-corrected chi connectivity index (χ0v) is 53.6. The molecule has 2 heterocycles. The van der Waals surface area contributed by atoms with Gasteiger partial charge in [0.2, 0.25) is 70.9 Å². The highest BCUT2D eigenvalue weighted by Crippen LogP contribution is 2.21. The summed E-state index contributed by atoms with van der Waals surface area (Å²) in [7, 11) is 0. The molecule has 10 atom stereocenters. The van der Waals surface area contributed by atoms with Gasteiger partial charge in [0.15, 0.2) is 11.9 Å². The summed E-state index contributed by atoms with van der Waals surface area (Å²) in [6, 6.07) is -1.12.